The van der Waals surface area contributed by atoms with Crippen LogP contribution in [-0.4, -0.2) is 0 Å². The smallest absolute Gasteiger partial charge is 0.0462 e. The standard InChI is InChI=1S/C18H30N2/c1-2-7-15-10-12-17(13-11-15)18(20-19)14-16-8-5-3-4-6-9-16/h10-13,16,18,20H,2-9,14,19H2,1H3. The number of nitrogens with two attached hydrogens (primary N) is 1. The Hall–Kier alpha value is -0.860. The van der Waals surface area contributed by atoms with E-state index in [0.29, 0.717) is 6.04 Å². The summed E-state index contributed by atoms with van der Waals surface area (Å²) in [6.07, 6.45) is 12.0. The Balaban J connectivity index is 1.95. The van der Waals surface area contributed by atoms with Gasteiger partial charge in [0, 0.05) is 6.04 Å². The number of nitrogens with one attached hydrogen (secondary N) is 1. The SMILES string of the molecule is CCCc1ccc(C(CC2CCCCCC2)NN)cc1. The molecule has 1 aromatic rings. The molecule has 0 aromatic heterocycles. The maximum Gasteiger partial charge on any atom is 0.0462 e. The summed E-state index contributed by atoms with van der Waals surface area (Å²) in [6, 6.07) is 9.35. The van der Waals surface area contributed by atoms with E-state index in [1.165, 1.54) is 68.9 Å². The third kappa shape index (κ3) is 4.60. The van der Waals surface area contributed by atoms with Crippen molar-refractivity contribution in [1.82, 2.24) is 5.43 Å². The summed E-state index contributed by atoms with van der Waals surface area (Å²) in [5.74, 6) is 6.65. The monoisotopic (exact) mass is 274 g/mol. The number of aryl methyl sites for hydroxylation is 1. The van der Waals surface area contributed by atoms with Crippen LogP contribution in [0.15, 0.2) is 24.3 Å². The summed E-state index contributed by atoms with van der Waals surface area (Å²) >= 11 is 0. The highest BCUT2D eigenvalue weighted by Gasteiger charge is 2.18. The Bertz CT molecular complexity index is 364. The van der Waals surface area contributed by atoms with E-state index in [0.717, 1.165) is 5.92 Å². The van der Waals surface area contributed by atoms with Gasteiger partial charge in [0.25, 0.3) is 0 Å². The number of benzene rings is 1. The van der Waals surface area contributed by atoms with Crippen LogP contribution in [0.3, 0.4) is 0 Å². The molecule has 1 aromatic carbocycles. The first-order valence-electron chi connectivity index (χ1n) is 8.38. The molecule has 20 heavy (non-hydrogen) atoms. The highest BCUT2D eigenvalue weighted by Crippen LogP contribution is 2.30. The topological polar surface area (TPSA) is 38.0 Å². The molecule has 3 N–H and O–H groups in total. The van der Waals surface area contributed by atoms with Gasteiger partial charge in [-0.1, -0.05) is 76.1 Å². The van der Waals surface area contributed by atoms with Crippen molar-refractivity contribution in [3.63, 3.8) is 0 Å². The summed E-state index contributed by atoms with van der Waals surface area (Å²) in [7, 11) is 0. The predicted octanol–water partition coefficient (Wildman–Crippen LogP) is 4.50. The zero-order valence-corrected chi connectivity index (χ0v) is 12.9. The first-order valence-corrected chi connectivity index (χ1v) is 8.38. The van der Waals surface area contributed by atoms with E-state index < -0.39 is 0 Å². The van der Waals surface area contributed by atoms with Crippen LogP contribution in [0, 0.1) is 5.92 Å². The lowest BCUT2D eigenvalue weighted by molar-refractivity contribution is 0.359. The average Bonchev–Trinajstić information content (AvgIpc) is 2.75. The van der Waals surface area contributed by atoms with Crippen molar-refractivity contribution in [2.75, 3.05) is 0 Å². The molecular weight excluding hydrogens is 244 g/mol. The minimum atomic E-state index is 0.314. The predicted molar refractivity (Wildman–Crippen MR) is 86.3 cm³/mol. The molecule has 2 heteroatoms. The number of hydrogen-bond donors (Lipinski definition) is 2. The quantitative estimate of drug-likeness (QED) is 0.455. The van der Waals surface area contributed by atoms with E-state index in [9.17, 15) is 0 Å². The fourth-order valence-electron chi connectivity index (χ4n) is 3.44. The number of hydrogen-bond acceptors (Lipinski definition) is 2. The van der Waals surface area contributed by atoms with Gasteiger partial charge in [0.05, 0.1) is 0 Å². The van der Waals surface area contributed by atoms with Gasteiger partial charge in [-0.2, -0.15) is 0 Å². The maximum atomic E-state index is 5.81. The molecule has 0 bridgehead atoms. The van der Waals surface area contributed by atoms with Gasteiger partial charge in [-0.25, -0.2) is 0 Å². The number of rotatable bonds is 6. The molecule has 1 fully saturated rings. The lowest BCUT2D eigenvalue weighted by atomic mass is 9.89. The van der Waals surface area contributed by atoms with Gasteiger partial charge >= 0.3 is 0 Å². The zero-order chi connectivity index (χ0) is 14.2. The van der Waals surface area contributed by atoms with Crippen molar-refractivity contribution in [2.24, 2.45) is 11.8 Å². The lowest BCUT2D eigenvalue weighted by Gasteiger charge is -2.22. The lowest BCUT2D eigenvalue weighted by Crippen LogP contribution is -2.29. The third-order valence-corrected chi connectivity index (χ3v) is 4.67. The highest BCUT2D eigenvalue weighted by atomic mass is 15.2. The molecule has 1 aliphatic carbocycles. The molecule has 0 heterocycles. The molecule has 0 aliphatic heterocycles. The van der Waals surface area contributed by atoms with Crippen LogP contribution in [-0.2, 0) is 6.42 Å². The summed E-state index contributed by atoms with van der Waals surface area (Å²) in [6.45, 7) is 2.23. The molecule has 2 nitrogen and oxygen atoms in total. The Morgan fingerprint density at radius 2 is 1.75 bits per heavy atom. The minimum Gasteiger partial charge on any atom is -0.271 e. The van der Waals surface area contributed by atoms with E-state index in [4.69, 9.17) is 5.84 Å². The van der Waals surface area contributed by atoms with Gasteiger partial charge in [0.2, 0.25) is 0 Å². The van der Waals surface area contributed by atoms with Crippen LogP contribution in [0.25, 0.3) is 0 Å². The number of hydrazine groups is 1. The van der Waals surface area contributed by atoms with Crippen LogP contribution in [0.5, 0.6) is 0 Å². The van der Waals surface area contributed by atoms with Gasteiger partial charge < -0.3 is 0 Å². The minimum absolute atomic E-state index is 0.314. The van der Waals surface area contributed by atoms with Crippen LogP contribution >= 0.6 is 0 Å². The summed E-state index contributed by atoms with van der Waals surface area (Å²) in [5, 5.41) is 0. The fourth-order valence-corrected chi connectivity index (χ4v) is 3.44. The fraction of sp³-hybridized carbons (Fsp3) is 0.667. The van der Waals surface area contributed by atoms with Crippen molar-refractivity contribution in [3.8, 4) is 0 Å². The molecule has 2 rings (SSSR count). The second-order valence-electron chi connectivity index (χ2n) is 6.30. The first kappa shape index (κ1) is 15.5. The van der Waals surface area contributed by atoms with Crippen molar-refractivity contribution in [1.29, 1.82) is 0 Å². The Morgan fingerprint density at radius 1 is 1.10 bits per heavy atom. The molecule has 0 amide bonds. The molecule has 1 saturated carbocycles. The molecule has 1 atom stereocenters. The van der Waals surface area contributed by atoms with Gasteiger partial charge in [-0.3, -0.25) is 11.3 Å². The maximum absolute atomic E-state index is 5.81. The summed E-state index contributed by atoms with van der Waals surface area (Å²) in [4.78, 5) is 0. The van der Waals surface area contributed by atoms with Crippen molar-refractivity contribution >= 4 is 0 Å². The summed E-state index contributed by atoms with van der Waals surface area (Å²) < 4.78 is 0. The van der Waals surface area contributed by atoms with E-state index in [-0.39, 0.29) is 0 Å². The largest absolute Gasteiger partial charge is 0.271 e. The Morgan fingerprint density at radius 3 is 2.30 bits per heavy atom. The van der Waals surface area contributed by atoms with E-state index in [1.807, 2.05) is 0 Å². The normalized spacial score (nSPS) is 18.7. The molecule has 0 saturated heterocycles. The van der Waals surface area contributed by atoms with Crippen molar-refractivity contribution in [3.05, 3.63) is 35.4 Å². The Kier molecular flexibility index (Phi) is 6.55. The van der Waals surface area contributed by atoms with E-state index >= 15 is 0 Å². The van der Waals surface area contributed by atoms with Gasteiger partial charge in [-0.05, 0) is 29.9 Å². The summed E-state index contributed by atoms with van der Waals surface area (Å²) in [5.41, 5.74) is 5.81. The van der Waals surface area contributed by atoms with Crippen LogP contribution in [0.4, 0.5) is 0 Å². The molecule has 1 unspecified atom stereocenters. The van der Waals surface area contributed by atoms with Gasteiger partial charge in [0.1, 0.15) is 0 Å². The molecule has 1 aliphatic rings. The van der Waals surface area contributed by atoms with Crippen LogP contribution in [0.1, 0.15) is 75.5 Å². The van der Waals surface area contributed by atoms with Crippen molar-refractivity contribution in [2.45, 2.75) is 70.8 Å². The molecular formula is C18H30N2. The van der Waals surface area contributed by atoms with Crippen LogP contribution < -0.4 is 11.3 Å². The van der Waals surface area contributed by atoms with E-state index in [1.54, 1.807) is 0 Å². The second kappa shape index (κ2) is 8.43. The Labute approximate surface area is 124 Å². The van der Waals surface area contributed by atoms with Crippen LogP contribution in [0.2, 0.25) is 0 Å². The average molecular weight is 274 g/mol. The first-order chi connectivity index (χ1) is 9.83. The molecule has 112 valence electrons. The highest BCUT2D eigenvalue weighted by molar-refractivity contribution is 5.25. The van der Waals surface area contributed by atoms with Gasteiger partial charge in [0.15, 0.2) is 0 Å². The van der Waals surface area contributed by atoms with Gasteiger partial charge in [-0.15, -0.1) is 0 Å². The molecule has 0 radical (unpaired) electrons. The van der Waals surface area contributed by atoms with Crippen molar-refractivity contribution < 1.29 is 0 Å². The second-order valence-corrected chi connectivity index (χ2v) is 6.30. The van der Waals surface area contributed by atoms with E-state index in [2.05, 4.69) is 36.6 Å². The third-order valence-electron chi connectivity index (χ3n) is 4.67. The zero-order valence-electron chi connectivity index (χ0n) is 12.9. The molecule has 0 spiro atoms.